The molecule has 1 saturated heterocycles. The van der Waals surface area contributed by atoms with Crippen LogP contribution in [0.1, 0.15) is 37.8 Å². The van der Waals surface area contributed by atoms with Gasteiger partial charge < -0.3 is 19.1 Å². The van der Waals surface area contributed by atoms with E-state index in [2.05, 4.69) is 23.9 Å². The van der Waals surface area contributed by atoms with Gasteiger partial charge in [-0.2, -0.15) is 0 Å². The Morgan fingerprint density at radius 3 is 2.36 bits per heavy atom. The lowest BCUT2D eigenvalue weighted by molar-refractivity contribution is -0.132. The van der Waals surface area contributed by atoms with E-state index in [1.54, 1.807) is 0 Å². The van der Waals surface area contributed by atoms with Gasteiger partial charge in [0.15, 0.2) is 0 Å². The van der Waals surface area contributed by atoms with Crippen LogP contribution in [0.3, 0.4) is 0 Å². The van der Waals surface area contributed by atoms with Crippen molar-refractivity contribution in [3.63, 3.8) is 0 Å². The van der Waals surface area contributed by atoms with Gasteiger partial charge in [-0.25, -0.2) is 0 Å². The lowest BCUT2D eigenvalue weighted by Crippen LogP contribution is -2.38. The van der Waals surface area contributed by atoms with Gasteiger partial charge in [0, 0.05) is 31.8 Å². The molecule has 0 spiro atoms. The molecule has 0 bridgehead atoms. The predicted molar refractivity (Wildman–Crippen MR) is 130 cm³/mol. The van der Waals surface area contributed by atoms with Gasteiger partial charge in [0.05, 0.1) is 24.6 Å². The molecular weight excluding hydrogens is 414 g/mol. The maximum atomic E-state index is 13.5. The summed E-state index contributed by atoms with van der Waals surface area (Å²) < 4.78 is 11.8. The minimum absolute atomic E-state index is 0.0710. The first-order valence-electron chi connectivity index (χ1n) is 11.9. The van der Waals surface area contributed by atoms with E-state index >= 15 is 0 Å². The lowest BCUT2D eigenvalue weighted by atomic mass is 10.1. The van der Waals surface area contributed by atoms with Gasteiger partial charge in [0.25, 0.3) is 0 Å². The number of rotatable bonds is 10. The minimum Gasteiger partial charge on any atom is -0.376 e. The smallest absolute Gasteiger partial charge is 0.232 e. The maximum Gasteiger partial charge on any atom is 0.232 e. The number of carbonyl (C=O) groups excluding carboxylic acids is 1. The van der Waals surface area contributed by atoms with Gasteiger partial charge >= 0.3 is 0 Å². The van der Waals surface area contributed by atoms with Gasteiger partial charge in [-0.3, -0.25) is 4.79 Å². The Hall–Kier alpha value is -3.12. The maximum absolute atomic E-state index is 13.5. The first-order valence-corrected chi connectivity index (χ1v) is 11.9. The highest BCUT2D eigenvalue weighted by Crippen LogP contribution is 2.33. The monoisotopic (exact) mass is 447 g/mol. The van der Waals surface area contributed by atoms with Gasteiger partial charge in [0.1, 0.15) is 5.69 Å². The van der Waals surface area contributed by atoms with Gasteiger partial charge in [-0.1, -0.05) is 65.8 Å². The molecule has 1 aliphatic rings. The largest absolute Gasteiger partial charge is 0.376 e. The Morgan fingerprint density at radius 1 is 1.03 bits per heavy atom. The van der Waals surface area contributed by atoms with Crippen molar-refractivity contribution >= 4 is 11.8 Å². The van der Waals surface area contributed by atoms with E-state index in [9.17, 15) is 4.79 Å². The van der Waals surface area contributed by atoms with Crippen molar-refractivity contribution in [2.45, 2.75) is 45.8 Å². The molecule has 2 heterocycles. The van der Waals surface area contributed by atoms with Crippen LogP contribution in [0.4, 0.5) is 5.88 Å². The summed E-state index contributed by atoms with van der Waals surface area (Å²) in [6, 6.07) is 20.0. The number of hydrogen-bond acceptors (Lipinski definition) is 5. The van der Waals surface area contributed by atoms with Gasteiger partial charge in [-0.05, 0) is 32.3 Å². The van der Waals surface area contributed by atoms with Crippen LogP contribution < -0.4 is 4.90 Å². The molecule has 0 saturated carbocycles. The molecule has 1 aromatic heterocycles. The van der Waals surface area contributed by atoms with Crippen LogP contribution in [0.5, 0.6) is 0 Å². The second-order valence-corrected chi connectivity index (χ2v) is 8.42. The van der Waals surface area contributed by atoms with Crippen LogP contribution in [0.2, 0.25) is 0 Å². The lowest BCUT2D eigenvalue weighted by Gasteiger charge is -2.27. The number of aromatic nitrogens is 1. The number of amides is 1. The summed E-state index contributed by atoms with van der Waals surface area (Å²) in [4.78, 5) is 17.6. The third kappa shape index (κ3) is 5.63. The average Bonchev–Trinajstić information content (AvgIpc) is 3.51. The van der Waals surface area contributed by atoms with Crippen LogP contribution >= 0.6 is 0 Å². The Kier molecular flexibility index (Phi) is 7.79. The molecule has 0 N–H and O–H groups in total. The molecule has 1 fully saturated rings. The summed E-state index contributed by atoms with van der Waals surface area (Å²) in [5, 5.41) is 4.45. The topological polar surface area (TPSA) is 58.8 Å². The fourth-order valence-corrected chi connectivity index (χ4v) is 4.39. The zero-order valence-electron chi connectivity index (χ0n) is 19.6. The van der Waals surface area contributed by atoms with E-state index in [0.29, 0.717) is 19.5 Å². The van der Waals surface area contributed by atoms with E-state index in [1.165, 1.54) is 0 Å². The van der Waals surface area contributed by atoms with Crippen molar-refractivity contribution in [2.75, 3.05) is 31.1 Å². The highest BCUT2D eigenvalue weighted by atomic mass is 16.5. The highest BCUT2D eigenvalue weighted by molar-refractivity contribution is 5.79. The Balaban J connectivity index is 1.67. The molecular formula is C27H33N3O3. The predicted octanol–water partition coefficient (Wildman–Crippen LogP) is 4.94. The number of ether oxygens (including phenoxy) is 1. The van der Waals surface area contributed by atoms with Crippen molar-refractivity contribution in [1.29, 1.82) is 0 Å². The summed E-state index contributed by atoms with van der Waals surface area (Å²) >= 11 is 0. The summed E-state index contributed by atoms with van der Waals surface area (Å²) in [7, 11) is 0. The van der Waals surface area contributed by atoms with E-state index in [0.717, 1.165) is 60.8 Å². The molecule has 3 aromatic rings. The SMILES string of the molecule is CCN(CC)c1onc(-c2ccccc2)c1CN(CC1CCCO1)C(=O)Cc1ccccc1. The third-order valence-corrected chi connectivity index (χ3v) is 6.21. The highest BCUT2D eigenvalue weighted by Gasteiger charge is 2.28. The Bertz CT molecular complexity index is 1010. The molecule has 1 aliphatic heterocycles. The second kappa shape index (κ2) is 11.1. The zero-order chi connectivity index (χ0) is 23.0. The second-order valence-electron chi connectivity index (χ2n) is 8.42. The van der Waals surface area contributed by atoms with Gasteiger partial charge in [-0.15, -0.1) is 0 Å². The fourth-order valence-electron chi connectivity index (χ4n) is 4.39. The van der Waals surface area contributed by atoms with Crippen LogP contribution in [0.15, 0.2) is 65.2 Å². The molecule has 1 atom stereocenters. The molecule has 33 heavy (non-hydrogen) atoms. The summed E-state index contributed by atoms with van der Waals surface area (Å²) in [5.74, 6) is 0.825. The van der Waals surface area contributed by atoms with Crippen molar-refractivity contribution in [2.24, 2.45) is 0 Å². The van der Waals surface area contributed by atoms with Crippen LogP contribution in [-0.4, -0.2) is 48.3 Å². The molecule has 0 aliphatic carbocycles. The number of hydrogen-bond donors (Lipinski definition) is 0. The summed E-state index contributed by atoms with van der Waals surface area (Å²) in [6.45, 7) is 7.57. The summed E-state index contributed by atoms with van der Waals surface area (Å²) in [5.41, 5.74) is 3.74. The molecule has 174 valence electrons. The number of anilines is 1. The quantitative estimate of drug-likeness (QED) is 0.441. The van der Waals surface area contributed by atoms with E-state index in [4.69, 9.17) is 9.26 Å². The summed E-state index contributed by atoms with van der Waals surface area (Å²) in [6.07, 6.45) is 2.45. The third-order valence-electron chi connectivity index (χ3n) is 6.21. The molecule has 6 nitrogen and oxygen atoms in total. The Morgan fingerprint density at radius 2 is 1.73 bits per heavy atom. The molecule has 2 aromatic carbocycles. The van der Waals surface area contributed by atoms with Crippen molar-refractivity contribution in [1.82, 2.24) is 10.1 Å². The van der Waals surface area contributed by atoms with Gasteiger partial charge in [0.2, 0.25) is 11.8 Å². The van der Waals surface area contributed by atoms with Crippen molar-refractivity contribution in [3.05, 3.63) is 71.8 Å². The molecule has 6 heteroatoms. The van der Waals surface area contributed by atoms with E-state index < -0.39 is 0 Å². The molecule has 1 amide bonds. The van der Waals surface area contributed by atoms with Crippen LogP contribution in [0, 0.1) is 0 Å². The standard InChI is InChI=1S/C27H33N3O3/c1-3-29(4-2)27-24(26(28-33-27)22-14-9-6-10-15-22)20-30(19-23-16-11-17-32-23)25(31)18-21-12-7-5-8-13-21/h5-10,12-15,23H,3-4,11,16-20H2,1-2H3. The van der Waals surface area contributed by atoms with Crippen LogP contribution in [0.25, 0.3) is 11.3 Å². The number of carbonyl (C=O) groups is 1. The first-order chi connectivity index (χ1) is 16.2. The minimum atomic E-state index is 0.0710. The fraction of sp³-hybridized carbons (Fsp3) is 0.407. The van der Waals surface area contributed by atoms with Crippen molar-refractivity contribution < 1.29 is 14.1 Å². The zero-order valence-corrected chi connectivity index (χ0v) is 19.6. The Labute approximate surface area is 196 Å². The number of nitrogens with zero attached hydrogens (tertiary/aromatic N) is 3. The average molecular weight is 448 g/mol. The molecule has 1 unspecified atom stereocenters. The van der Waals surface area contributed by atoms with E-state index in [1.807, 2.05) is 65.6 Å². The normalized spacial score (nSPS) is 15.5. The molecule has 4 rings (SSSR count). The number of benzene rings is 2. The van der Waals surface area contributed by atoms with Crippen LogP contribution in [-0.2, 0) is 22.5 Å². The first kappa shape index (κ1) is 23.1. The molecule has 0 radical (unpaired) electrons. The van der Waals surface area contributed by atoms with E-state index in [-0.39, 0.29) is 12.0 Å². The van der Waals surface area contributed by atoms with Crippen molar-refractivity contribution in [3.8, 4) is 11.3 Å².